The van der Waals surface area contributed by atoms with Crippen LogP contribution in [-0.4, -0.2) is 23.4 Å². The zero-order valence-electron chi connectivity index (χ0n) is 6.42. The van der Waals surface area contributed by atoms with E-state index in [0.717, 1.165) is 24.9 Å². The van der Waals surface area contributed by atoms with E-state index >= 15 is 0 Å². The van der Waals surface area contributed by atoms with Gasteiger partial charge in [0.2, 0.25) is 0 Å². The number of carbonyl (C=O) groups excluding carboxylic acids is 1. The molecule has 0 aromatic rings. The van der Waals surface area contributed by atoms with Crippen molar-refractivity contribution in [1.29, 1.82) is 0 Å². The molecule has 2 atom stereocenters. The molecular formula is C8H12ClNO. The van der Waals surface area contributed by atoms with Crippen LogP contribution in [0.2, 0.25) is 0 Å². The van der Waals surface area contributed by atoms with Gasteiger partial charge in [-0.25, -0.2) is 0 Å². The van der Waals surface area contributed by atoms with E-state index in [1.807, 2.05) is 0 Å². The first kappa shape index (κ1) is 7.41. The van der Waals surface area contributed by atoms with Crippen LogP contribution in [0.25, 0.3) is 0 Å². The first-order chi connectivity index (χ1) is 5.27. The smallest absolute Gasteiger partial charge is 0.316 e. The van der Waals surface area contributed by atoms with Gasteiger partial charge in [0.25, 0.3) is 0 Å². The van der Waals surface area contributed by atoms with E-state index in [2.05, 4.69) is 0 Å². The molecule has 62 valence electrons. The number of carbonyl (C=O) groups is 1. The van der Waals surface area contributed by atoms with Gasteiger partial charge in [0.05, 0.1) is 0 Å². The molecule has 0 unspecified atom stereocenters. The second-order valence-corrected chi connectivity index (χ2v) is 3.93. The van der Waals surface area contributed by atoms with Gasteiger partial charge in [-0.15, -0.1) is 0 Å². The van der Waals surface area contributed by atoms with Gasteiger partial charge in [-0.2, -0.15) is 0 Å². The third-order valence-electron chi connectivity index (χ3n) is 2.97. The molecular weight excluding hydrogens is 162 g/mol. The summed E-state index contributed by atoms with van der Waals surface area (Å²) in [4.78, 5) is 12.5. The number of rotatable bonds is 0. The Hall–Kier alpha value is -0.240. The molecule has 1 saturated carbocycles. The normalized spacial score (nSPS) is 35.9. The topological polar surface area (TPSA) is 20.3 Å². The Morgan fingerprint density at radius 3 is 2.27 bits per heavy atom. The minimum atomic E-state index is -0.264. The fourth-order valence-corrected chi connectivity index (χ4v) is 2.52. The van der Waals surface area contributed by atoms with Crippen LogP contribution in [0, 0.1) is 11.8 Å². The lowest BCUT2D eigenvalue weighted by Crippen LogP contribution is -2.23. The zero-order valence-corrected chi connectivity index (χ0v) is 7.18. The maximum Gasteiger partial charge on any atom is 0.316 e. The van der Waals surface area contributed by atoms with Crippen LogP contribution >= 0.6 is 11.6 Å². The summed E-state index contributed by atoms with van der Waals surface area (Å²) in [5.41, 5.74) is 0. The molecule has 2 fully saturated rings. The van der Waals surface area contributed by atoms with Gasteiger partial charge in [0, 0.05) is 13.1 Å². The van der Waals surface area contributed by atoms with E-state index in [1.165, 1.54) is 19.3 Å². The van der Waals surface area contributed by atoms with Crippen molar-refractivity contribution >= 4 is 17.0 Å². The Morgan fingerprint density at radius 2 is 1.82 bits per heavy atom. The molecule has 1 aliphatic heterocycles. The molecule has 3 heteroatoms. The molecule has 0 bridgehead atoms. The van der Waals surface area contributed by atoms with Crippen molar-refractivity contribution in [3.63, 3.8) is 0 Å². The van der Waals surface area contributed by atoms with Crippen LogP contribution in [0.3, 0.4) is 0 Å². The number of hydrogen-bond acceptors (Lipinski definition) is 1. The predicted octanol–water partition coefficient (Wildman–Crippen LogP) is 2.08. The molecule has 1 heterocycles. The fourth-order valence-electron chi connectivity index (χ4n) is 2.38. The molecule has 2 aliphatic rings. The molecule has 1 aliphatic carbocycles. The highest BCUT2D eigenvalue weighted by Gasteiger charge is 2.37. The minimum Gasteiger partial charge on any atom is -0.329 e. The van der Waals surface area contributed by atoms with Crippen LogP contribution in [-0.2, 0) is 0 Å². The standard InChI is InChI=1S/C8H12ClNO/c9-8(11)10-4-6-2-1-3-7(6)5-10/h6-7H,1-5H2/t6-,7+. The summed E-state index contributed by atoms with van der Waals surface area (Å²) in [6, 6.07) is 0. The maximum atomic E-state index is 10.8. The van der Waals surface area contributed by atoms with E-state index in [0.29, 0.717) is 0 Å². The molecule has 0 aromatic heterocycles. The summed E-state index contributed by atoms with van der Waals surface area (Å²) < 4.78 is 0. The summed E-state index contributed by atoms with van der Waals surface area (Å²) in [5, 5.41) is -0.264. The number of halogens is 1. The van der Waals surface area contributed by atoms with Crippen LogP contribution in [0.15, 0.2) is 0 Å². The van der Waals surface area contributed by atoms with Gasteiger partial charge >= 0.3 is 5.37 Å². The summed E-state index contributed by atoms with van der Waals surface area (Å²) in [7, 11) is 0. The maximum absolute atomic E-state index is 10.8. The highest BCUT2D eigenvalue weighted by molar-refractivity contribution is 6.62. The van der Waals surface area contributed by atoms with Gasteiger partial charge in [0.15, 0.2) is 0 Å². The van der Waals surface area contributed by atoms with Crippen molar-refractivity contribution in [2.45, 2.75) is 19.3 Å². The SMILES string of the molecule is O=C(Cl)N1C[C@H]2CCC[C@H]2C1. The van der Waals surface area contributed by atoms with E-state index in [4.69, 9.17) is 11.6 Å². The fraction of sp³-hybridized carbons (Fsp3) is 0.875. The van der Waals surface area contributed by atoms with Gasteiger partial charge in [0.1, 0.15) is 0 Å². The Morgan fingerprint density at radius 1 is 1.27 bits per heavy atom. The van der Waals surface area contributed by atoms with Crippen molar-refractivity contribution in [3.05, 3.63) is 0 Å². The third kappa shape index (κ3) is 1.24. The van der Waals surface area contributed by atoms with Crippen LogP contribution in [0.4, 0.5) is 4.79 Å². The minimum absolute atomic E-state index is 0.264. The highest BCUT2D eigenvalue weighted by Crippen LogP contribution is 2.37. The number of amides is 1. The van der Waals surface area contributed by atoms with Crippen LogP contribution in [0.5, 0.6) is 0 Å². The Bertz CT molecular complexity index is 171. The number of fused-ring (bicyclic) bond motifs is 1. The number of likely N-dealkylation sites (tertiary alicyclic amines) is 1. The molecule has 2 nitrogen and oxygen atoms in total. The Balaban J connectivity index is 1.99. The summed E-state index contributed by atoms with van der Waals surface area (Å²) in [6.45, 7) is 1.82. The van der Waals surface area contributed by atoms with Gasteiger partial charge in [-0.05, 0) is 36.3 Å². The number of nitrogens with zero attached hydrogens (tertiary/aromatic N) is 1. The molecule has 1 amide bonds. The third-order valence-corrected chi connectivity index (χ3v) is 3.21. The molecule has 0 aromatic carbocycles. The van der Waals surface area contributed by atoms with E-state index in [1.54, 1.807) is 4.90 Å². The average Bonchev–Trinajstić information content (AvgIpc) is 2.40. The van der Waals surface area contributed by atoms with E-state index in [-0.39, 0.29) is 5.37 Å². The van der Waals surface area contributed by atoms with Crippen LogP contribution in [0.1, 0.15) is 19.3 Å². The monoisotopic (exact) mass is 173 g/mol. The first-order valence-corrected chi connectivity index (χ1v) is 4.59. The second-order valence-electron chi connectivity index (χ2n) is 3.61. The van der Waals surface area contributed by atoms with Crippen molar-refractivity contribution < 1.29 is 4.79 Å². The van der Waals surface area contributed by atoms with Crippen LogP contribution < -0.4 is 0 Å². The van der Waals surface area contributed by atoms with Crippen molar-refractivity contribution in [1.82, 2.24) is 4.90 Å². The molecule has 2 rings (SSSR count). The molecule has 1 saturated heterocycles. The summed E-state index contributed by atoms with van der Waals surface area (Å²) in [6.07, 6.45) is 3.94. The number of hydrogen-bond donors (Lipinski definition) is 0. The quantitative estimate of drug-likeness (QED) is 0.406. The summed E-state index contributed by atoms with van der Waals surface area (Å²) >= 11 is 5.38. The van der Waals surface area contributed by atoms with E-state index in [9.17, 15) is 4.79 Å². The van der Waals surface area contributed by atoms with Gasteiger partial charge in [-0.3, -0.25) is 4.79 Å². The molecule has 11 heavy (non-hydrogen) atoms. The Kier molecular flexibility index (Phi) is 1.80. The second kappa shape index (κ2) is 2.67. The van der Waals surface area contributed by atoms with Gasteiger partial charge in [-0.1, -0.05) is 6.42 Å². The Labute approximate surface area is 71.5 Å². The first-order valence-electron chi connectivity index (χ1n) is 4.22. The molecule has 0 N–H and O–H groups in total. The molecule has 0 spiro atoms. The van der Waals surface area contributed by atoms with E-state index < -0.39 is 0 Å². The zero-order chi connectivity index (χ0) is 7.84. The van der Waals surface area contributed by atoms with Crippen molar-refractivity contribution in [2.24, 2.45) is 11.8 Å². The molecule has 0 radical (unpaired) electrons. The average molecular weight is 174 g/mol. The lowest BCUT2D eigenvalue weighted by Gasteiger charge is -2.11. The lowest BCUT2D eigenvalue weighted by molar-refractivity contribution is 0.228. The van der Waals surface area contributed by atoms with Gasteiger partial charge < -0.3 is 4.90 Å². The predicted molar refractivity (Wildman–Crippen MR) is 43.7 cm³/mol. The summed E-state index contributed by atoms with van der Waals surface area (Å²) in [5.74, 6) is 1.52. The largest absolute Gasteiger partial charge is 0.329 e. The van der Waals surface area contributed by atoms with Crippen molar-refractivity contribution in [3.8, 4) is 0 Å². The lowest BCUT2D eigenvalue weighted by atomic mass is 10.0. The highest BCUT2D eigenvalue weighted by atomic mass is 35.5. The van der Waals surface area contributed by atoms with Crippen molar-refractivity contribution in [2.75, 3.05) is 13.1 Å².